The van der Waals surface area contributed by atoms with Crippen LogP contribution in [0.3, 0.4) is 0 Å². The number of hydrogen-bond donors (Lipinski definition) is 1. The van der Waals surface area contributed by atoms with Gasteiger partial charge in [-0.3, -0.25) is 0 Å². The summed E-state index contributed by atoms with van der Waals surface area (Å²) in [4.78, 5) is 0. The van der Waals surface area contributed by atoms with Crippen LogP contribution >= 0.6 is 0 Å². The maximum atomic E-state index is 6.63. The molecule has 0 bridgehead atoms. The van der Waals surface area contributed by atoms with Gasteiger partial charge >= 0.3 is 0 Å². The second-order valence-electron chi connectivity index (χ2n) is 6.88. The molecule has 0 amide bonds. The Morgan fingerprint density at radius 1 is 1.24 bits per heavy atom. The first kappa shape index (κ1) is 14.9. The van der Waals surface area contributed by atoms with E-state index in [-0.39, 0.29) is 6.04 Å². The van der Waals surface area contributed by atoms with Crippen LogP contribution < -0.4 is 10.5 Å². The Kier molecular flexibility index (Phi) is 4.84. The maximum Gasteiger partial charge on any atom is 0.127 e. The van der Waals surface area contributed by atoms with E-state index in [1.54, 1.807) is 0 Å². The molecule has 2 heteroatoms. The van der Waals surface area contributed by atoms with Crippen molar-refractivity contribution in [2.24, 2.45) is 17.6 Å². The molecule has 0 saturated heterocycles. The lowest BCUT2D eigenvalue weighted by Gasteiger charge is -2.33. The van der Waals surface area contributed by atoms with Crippen molar-refractivity contribution in [3.63, 3.8) is 0 Å². The van der Waals surface area contributed by atoms with Crippen LogP contribution in [-0.2, 0) is 6.42 Å². The fraction of sp³-hybridized carbons (Fsp3) is 0.684. The molecule has 0 aromatic heterocycles. The van der Waals surface area contributed by atoms with Crippen LogP contribution in [0.4, 0.5) is 0 Å². The van der Waals surface area contributed by atoms with Gasteiger partial charge in [0.05, 0.1) is 6.61 Å². The third-order valence-electron chi connectivity index (χ3n) is 5.42. The Morgan fingerprint density at radius 2 is 2.05 bits per heavy atom. The number of fused-ring (bicyclic) bond motifs is 1. The monoisotopic (exact) mass is 287 g/mol. The van der Waals surface area contributed by atoms with Crippen LogP contribution in [0.15, 0.2) is 18.2 Å². The third-order valence-corrected chi connectivity index (χ3v) is 5.42. The van der Waals surface area contributed by atoms with E-state index in [1.807, 2.05) is 0 Å². The summed E-state index contributed by atoms with van der Waals surface area (Å²) in [5.41, 5.74) is 9.24. The molecule has 2 N–H and O–H groups in total. The summed E-state index contributed by atoms with van der Waals surface area (Å²) >= 11 is 0. The highest BCUT2D eigenvalue weighted by Crippen LogP contribution is 2.41. The number of ether oxygens (including phenoxy) is 1. The summed E-state index contributed by atoms with van der Waals surface area (Å²) in [6.07, 6.45) is 10.3. The summed E-state index contributed by atoms with van der Waals surface area (Å²) in [6.45, 7) is 3.14. The number of nitrogens with two attached hydrogens (primary N) is 1. The Labute approximate surface area is 129 Å². The van der Waals surface area contributed by atoms with E-state index in [2.05, 4.69) is 25.1 Å². The summed E-state index contributed by atoms with van der Waals surface area (Å²) in [6, 6.07) is 6.70. The van der Waals surface area contributed by atoms with Crippen molar-refractivity contribution in [3.8, 4) is 5.75 Å². The molecule has 116 valence electrons. The molecular weight excluding hydrogens is 258 g/mol. The van der Waals surface area contributed by atoms with Crippen LogP contribution in [0.1, 0.15) is 69.0 Å². The Hall–Kier alpha value is -1.02. The lowest BCUT2D eigenvalue weighted by atomic mass is 9.75. The standard InChI is InChI=1S/C19H29NO/c1-2-5-14-9-11-15(12-10-14)18(20)17-8-3-6-16-7-4-13-21-19(16)17/h3,6,8,14-15,18H,2,4-5,7,9-13,20H2,1H3. The van der Waals surface area contributed by atoms with Gasteiger partial charge in [-0.15, -0.1) is 0 Å². The van der Waals surface area contributed by atoms with Gasteiger partial charge in [0.1, 0.15) is 5.75 Å². The number of benzene rings is 1. The van der Waals surface area contributed by atoms with E-state index in [4.69, 9.17) is 10.5 Å². The van der Waals surface area contributed by atoms with E-state index in [0.29, 0.717) is 5.92 Å². The molecule has 1 heterocycles. The maximum absolute atomic E-state index is 6.63. The lowest BCUT2D eigenvalue weighted by molar-refractivity contribution is 0.227. The van der Waals surface area contributed by atoms with Crippen molar-refractivity contribution in [2.75, 3.05) is 6.61 Å². The summed E-state index contributed by atoms with van der Waals surface area (Å²) in [7, 11) is 0. The molecule has 1 aromatic carbocycles. The molecule has 0 radical (unpaired) electrons. The molecule has 1 atom stereocenters. The minimum Gasteiger partial charge on any atom is -0.493 e. The smallest absolute Gasteiger partial charge is 0.127 e. The second kappa shape index (κ2) is 6.83. The Morgan fingerprint density at radius 3 is 2.81 bits per heavy atom. The molecule has 1 aliphatic heterocycles. The van der Waals surface area contributed by atoms with E-state index in [1.165, 1.54) is 49.7 Å². The first-order valence-corrected chi connectivity index (χ1v) is 8.79. The molecule has 0 spiro atoms. The van der Waals surface area contributed by atoms with Gasteiger partial charge in [-0.05, 0) is 43.1 Å². The van der Waals surface area contributed by atoms with E-state index >= 15 is 0 Å². The number of para-hydroxylation sites is 1. The zero-order valence-corrected chi connectivity index (χ0v) is 13.3. The van der Waals surface area contributed by atoms with Crippen molar-refractivity contribution in [1.29, 1.82) is 0 Å². The Balaban J connectivity index is 1.70. The lowest BCUT2D eigenvalue weighted by Crippen LogP contribution is -2.27. The molecule has 1 saturated carbocycles. The predicted molar refractivity (Wildman–Crippen MR) is 87.5 cm³/mol. The fourth-order valence-electron chi connectivity index (χ4n) is 4.18. The van der Waals surface area contributed by atoms with Crippen molar-refractivity contribution < 1.29 is 4.74 Å². The van der Waals surface area contributed by atoms with Crippen molar-refractivity contribution in [3.05, 3.63) is 29.3 Å². The van der Waals surface area contributed by atoms with Gasteiger partial charge in [-0.25, -0.2) is 0 Å². The zero-order chi connectivity index (χ0) is 14.7. The average molecular weight is 287 g/mol. The van der Waals surface area contributed by atoms with Crippen molar-refractivity contribution >= 4 is 0 Å². The Bertz CT molecular complexity index is 463. The van der Waals surface area contributed by atoms with Crippen LogP contribution in [0.2, 0.25) is 0 Å². The quantitative estimate of drug-likeness (QED) is 0.877. The minimum atomic E-state index is 0.153. The van der Waals surface area contributed by atoms with Crippen LogP contribution in [-0.4, -0.2) is 6.61 Å². The summed E-state index contributed by atoms with van der Waals surface area (Å²) in [5, 5.41) is 0. The molecular formula is C19H29NO. The highest BCUT2D eigenvalue weighted by Gasteiger charge is 2.28. The molecule has 3 rings (SSSR count). The highest BCUT2D eigenvalue weighted by atomic mass is 16.5. The van der Waals surface area contributed by atoms with Gasteiger partial charge in [0, 0.05) is 11.6 Å². The van der Waals surface area contributed by atoms with Crippen LogP contribution in [0.5, 0.6) is 5.75 Å². The normalized spacial score (nSPS) is 26.8. The number of aryl methyl sites for hydroxylation is 1. The predicted octanol–water partition coefficient (Wildman–Crippen LogP) is 4.62. The first-order chi connectivity index (χ1) is 10.3. The van der Waals surface area contributed by atoms with E-state index in [9.17, 15) is 0 Å². The largest absolute Gasteiger partial charge is 0.493 e. The zero-order valence-electron chi connectivity index (χ0n) is 13.3. The average Bonchev–Trinajstić information content (AvgIpc) is 2.55. The van der Waals surface area contributed by atoms with Crippen LogP contribution in [0, 0.1) is 11.8 Å². The second-order valence-corrected chi connectivity index (χ2v) is 6.88. The molecule has 2 aliphatic rings. The fourth-order valence-corrected chi connectivity index (χ4v) is 4.18. The molecule has 1 aromatic rings. The van der Waals surface area contributed by atoms with Gasteiger partial charge in [0.2, 0.25) is 0 Å². The van der Waals surface area contributed by atoms with Gasteiger partial charge in [0.15, 0.2) is 0 Å². The highest BCUT2D eigenvalue weighted by molar-refractivity contribution is 5.44. The molecule has 21 heavy (non-hydrogen) atoms. The first-order valence-electron chi connectivity index (χ1n) is 8.79. The van der Waals surface area contributed by atoms with Crippen molar-refractivity contribution in [2.45, 2.75) is 64.3 Å². The minimum absolute atomic E-state index is 0.153. The third kappa shape index (κ3) is 3.26. The van der Waals surface area contributed by atoms with Crippen LogP contribution in [0.25, 0.3) is 0 Å². The number of rotatable bonds is 4. The molecule has 1 fully saturated rings. The topological polar surface area (TPSA) is 35.2 Å². The number of hydrogen-bond acceptors (Lipinski definition) is 2. The van der Waals surface area contributed by atoms with Gasteiger partial charge in [-0.1, -0.05) is 50.8 Å². The molecule has 2 nitrogen and oxygen atoms in total. The molecule has 1 unspecified atom stereocenters. The summed E-state index contributed by atoms with van der Waals surface area (Å²) in [5.74, 6) is 2.68. The van der Waals surface area contributed by atoms with E-state index in [0.717, 1.165) is 31.1 Å². The van der Waals surface area contributed by atoms with Gasteiger partial charge in [0.25, 0.3) is 0 Å². The van der Waals surface area contributed by atoms with Crippen molar-refractivity contribution in [1.82, 2.24) is 0 Å². The van der Waals surface area contributed by atoms with Gasteiger partial charge < -0.3 is 10.5 Å². The SMILES string of the molecule is CCCC1CCC(C(N)c2cccc3c2OCCC3)CC1. The molecule has 1 aliphatic carbocycles. The summed E-state index contributed by atoms with van der Waals surface area (Å²) < 4.78 is 5.95. The van der Waals surface area contributed by atoms with Gasteiger partial charge in [-0.2, -0.15) is 0 Å². The van der Waals surface area contributed by atoms with E-state index < -0.39 is 0 Å².